The van der Waals surface area contributed by atoms with Crippen LogP contribution in [0, 0.1) is 6.92 Å². The molecule has 21 heavy (non-hydrogen) atoms. The van der Waals surface area contributed by atoms with Gasteiger partial charge in [0, 0.05) is 5.02 Å². The molecule has 3 rings (SSSR count). The zero-order valence-corrected chi connectivity index (χ0v) is 13.2. The second-order valence-electron chi connectivity index (χ2n) is 4.54. The van der Waals surface area contributed by atoms with E-state index in [4.69, 9.17) is 34.8 Å². The van der Waals surface area contributed by atoms with Crippen molar-refractivity contribution < 1.29 is 0 Å². The average Bonchev–Trinajstić information content (AvgIpc) is 2.44. The van der Waals surface area contributed by atoms with Crippen molar-refractivity contribution in [3.63, 3.8) is 0 Å². The van der Waals surface area contributed by atoms with E-state index >= 15 is 0 Å². The fraction of sp³-hybridized carbons (Fsp3) is 0.0667. The van der Waals surface area contributed by atoms with Gasteiger partial charge in [-0.1, -0.05) is 35.3 Å². The standard InChI is InChI=1S/C15H9Cl3N2O/c1-8-9(16)6-7-11-13(8)14(21)20(15(18)19-11)12-5-3-2-4-10(12)17/h2-7H,1H3. The van der Waals surface area contributed by atoms with E-state index in [-0.39, 0.29) is 10.8 Å². The third-order valence-corrected chi connectivity index (χ3v) is 4.27. The number of nitrogens with zero attached hydrogens (tertiary/aromatic N) is 2. The predicted molar refractivity (Wildman–Crippen MR) is 87.1 cm³/mol. The summed E-state index contributed by atoms with van der Waals surface area (Å²) in [6.45, 7) is 1.78. The summed E-state index contributed by atoms with van der Waals surface area (Å²) in [6, 6.07) is 10.3. The first-order valence-corrected chi connectivity index (χ1v) is 7.26. The largest absolute Gasteiger partial charge is 0.268 e. The number of fused-ring (bicyclic) bond motifs is 1. The van der Waals surface area contributed by atoms with Crippen molar-refractivity contribution in [1.29, 1.82) is 0 Å². The maximum Gasteiger partial charge on any atom is 0.267 e. The summed E-state index contributed by atoms with van der Waals surface area (Å²) in [5, 5.41) is 1.42. The Bertz CT molecular complexity index is 919. The summed E-state index contributed by atoms with van der Waals surface area (Å²) in [4.78, 5) is 17.1. The molecular weight excluding hydrogens is 331 g/mol. The Kier molecular flexibility index (Phi) is 3.66. The van der Waals surface area contributed by atoms with Gasteiger partial charge in [0.15, 0.2) is 0 Å². The Labute approximate surface area is 135 Å². The number of para-hydroxylation sites is 1. The Morgan fingerprint density at radius 2 is 1.71 bits per heavy atom. The van der Waals surface area contributed by atoms with Crippen LogP contribution in [-0.2, 0) is 0 Å². The van der Waals surface area contributed by atoms with Crippen LogP contribution in [0.4, 0.5) is 0 Å². The lowest BCUT2D eigenvalue weighted by Gasteiger charge is -2.12. The van der Waals surface area contributed by atoms with Gasteiger partial charge in [-0.2, -0.15) is 0 Å². The smallest absolute Gasteiger partial charge is 0.267 e. The van der Waals surface area contributed by atoms with E-state index in [1.54, 1.807) is 43.3 Å². The molecular formula is C15H9Cl3N2O. The molecule has 0 N–H and O–H groups in total. The van der Waals surface area contributed by atoms with Crippen LogP contribution in [0.15, 0.2) is 41.2 Å². The third-order valence-electron chi connectivity index (χ3n) is 3.28. The Hall–Kier alpha value is -1.55. The zero-order valence-electron chi connectivity index (χ0n) is 10.9. The van der Waals surface area contributed by atoms with Crippen LogP contribution in [0.5, 0.6) is 0 Å². The van der Waals surface area contributed by atoms with Gasteiger partial charge in [0.05, 0.1) is 21.6 Å². The van der Waals surface area contributed by atoms with Crippen molar-refractivity contribution in [2.75, 3.05) is 0 Å². The molecule has 0 amide bonds. The number of halogens is 3. The summed E-state index contributed by atoms with van der Waals surface area (Å²) >= 11 is 18.4. The first kappa shape index (κ1) is 14.4. The first-order valence-electron chi connectivity index (χ1n) is 6.13. The van der Waals surface area contributed by atoms with Gasteiger partial charge in [-0.05, 0) is 48.4 Å². The average molecular weight is 340 g/mol. The minimum absolute atomic E-state index is 0.0577. The molecule has 0 saturated carbocycles. The number of aromatic nitrogens is 2. The number of rotatable bonds is 1. The van der Waals surface area contributed by atoms with E-state index in [9.17, 15) is 4.79 Å². The van der Waals surface area contributed by atoms with Crippen molar-refractivity contribution in [2.24, 2.45) is 0 Å². The van der Waals surface area contributed by atoms with Gasteiger partial charge >= 0.3 is 0 Å². The van der Waals surface area contributed by atoms with Crippen LogP contribution in [0.2, 0.25) is 15.3 Å². The molecule has 3 aromatic rings. The van der Waals surface area contributed by atoms with Crippen LogP contribution in [0.25, 0.3) is 16.6 Å². The van der Waals surface area contributed by atoms with Crippen molar-refractivity contribution in [3.8, 4) is 5.69 Å². The molecule has 106 valence electrons. The Morgan fingerprint density at radius 1 is 1.00 bits per heavy atom. The normalized spacial score (nSPS) is 11.0. The number of hydrogen-bond acceptors (Lipinski definition) is 2. The molecule has 3 nitrogen and oxygen atoms in total. The molecule has 0 saturated heterocycles. The van der Waals surface area contributed by atoms with Gasteiger partial charge in [-0.25, -0.2) is 9.55 Å². The van der Waals surface area contributed by atoms with Crippen molar-refractivity contribution in [1.82, 2.24) is 9.55 Å². The Balaban J connectivity index is 2.48. The second-order valence-corrected chi connectivity index (χ2v) is 5.69. The maximum absolute atomic E-state index is 12.8. The van der Waals surface area contributed by atoms with E-state index in [0.29, 0.717) is 32.2 Å². The second kappa shape index (κ2) is 5.34. The molecule has 1 heterocycles. The minimum Gasteiger partial charge on any atom is -0.268 e. The van der Waals surface area contributed by atoms with Crippen molar-refractivity contribution in [2.45, 2.75) is 6.92 Å². The van der Waals surface area contributed by atoms with Crippen LogP contribution >= 0.6 is 34.8 Å². The molecule has 6 heteroatoms. The summed E-state index contributed by atoms with van der Waals surface area (Å²) in [5.41, 5.74) is 1.38. The highest BCUT2D eigenvalue weighted by atomic mass is 35.5. The highest BCUT2D eigenvalue weighted by Gasteiger charge is 2.15. The van der Waals surface area contributed by atoms with Gasteiger partial charge in [-0.3, -0.25) is 4.79 Å². The molecule has 0 aliphatic rings. The molecule has 0 unspecified atom stereocenters. The van der Waals surface area contributed by atoms with Gasteiger partial charge in [0.1, 0.15) is 0 Å². The summed E-state index contributed by atoms with van der Waals surface area (Å²) in [5.74, 6) is 0. The minimum atomic E-state index is -0.293. The van der Waals surface area contributed by atoms with Crippen molar-refractivity contribution >= 4 is 45.7 Å². The topological polar surface area (TPSA) is 34.9 Å². The summed E-state index contributed by atoms with van der Waals surface area (Å²) in [7, 11) is 0. The van der Waals surface area contributed by atoms with Gasteiger partial charge in [0.25, 0.3) is 5.56 Å². The number of benzene rings is 2. The van der Waals surface area contributed by atoms with E-state index < -0.39 is 0 Å². The van der Waals surface area contributed by atoms with Crippen LogP contribution < -0.4 is 5.56 Å². The molecule has 0 radical (unpaired) electrons. The van der Waals surface area contributed by atoms with Crippen molar-refractivity contribution in [3.05, 3.63) is 67.6 Å². The van der Waals surface area contributed by atoms with E-state index in [0.717, 1.165) is 0 Å². The van der Waals surface area contributed by atoms with Gasteiger partial charge in [-0.15, -0.1) is 0 Å². The monoisotopic (exact) mass is 338 g/mol. The highest BCUT2D eigenvalue weighted by molar-refractivity contribution is 6.33. The van der Waals surface area contributed by atoms with Gasteiger partial charge in [0.2, 0.25) is 5.28 Å². The fourth-order valence-corrected chi connectivity index (χ4v) is 2.86. The van der Waals surface area contributed by atoms with E-state index in [1.165, 1.54) is 4.57 Å². The van der Waals surface area contributed by atoms with E-state index in [1.807, 2.05) is 0 Å². The lowest BCUT2D eigenvalue weighted by atomic mass is 10.1. The number of hydrogen-bond donors (Lipinski definition) is 0. The molecule has 0 aliphatic carbocycles. The van der Waals surface area contributed by atoms with Crippen LogP contribution in [0.3, 0.4) is 0 Å². The lowest BCUT2D eigenvalue weighted by molar-refractivity contribution is 0.963. The molecule has 1 aromatic heterocycles. The summed E-state index contributed by atoms with van der Waals surface area (Å²) < 4.78 is 1.29. The quantitative estimate of drug-likeness (QED) is 0.605. The Morgan fingerprint density at radius 3 is 2.43 bits per heavy atom. The SMILES string of the molecule is Cc1c(Cl)ccc2nc(Cl)n(-c3ccccc3Cl)c(=O)c12. The maximum atomic E-state index is 12.8. The van der Waals surface area contributed by atoms with Gasteiger partial charge < -0.3 is 0 Å². The lowest BCUT2D eigenvalue weighted by Crippen LogP contribution is -2.21. The van der Waals surface area contributed by atoms with Crippen LogP contribution in [0.1, 0.15) is 5.56 Å². The molecule has 0 spiro atoms. The van der Waals surface area contributed by atoms with Crippen LogP contribution in [-0.4, -0.2) is 9.55 Å². The third kappa shape index (κ3) is 2.31. The molecule has 0 fully saturated rings. The highest BCUT2D eigenvalue weighted by Crippen LogP contribution is 2.26. The van der Waals surface area contributed by atoms with E-state index in [2.05, 4.69) is 4.98 Å². The molecule has 0 bridgehead atoms. The molecule has 0 aliphatic heterocycles. The first-order chi connectivity index (χ1) is 10.0. The molecule has 2 aromatic carbocycles. The predicted octanol–water partition coefficient (Wildman–Crippen LogP) is 4.65. The zero-order chi connectivity index (χ0) is 15.1. The number of aryl methyl sites for hydroxylation is 1. The summed E-state index contributed by atoms with van der Waals surface area (Å²) in [6.07, 6.45) is 0. The molecule has 0 atom stereocenters. The fourth-order valence-electron chi connectivity index (χ4n) is 2.22.